The number of nitrogens with one attached hydrogen (secondary N) is 2. The number of esters is 1. The minimum absolute atomic E-state index is 0.0528. The molecule has 0 aromatic heterocycles. The molecule has 1 aliphatic heterocycles. The van der Waals surface area contributed by atoms with Gasteiger partial charge in [0.1, 0.15) is 23.4 Å². The third kappa shape index (κ3) is 14.9. The van der Waals surface area contributed by atoms with E-state index < -0.39 is 83.6 Å². The molecule has 15 heteroatoms. The Hall–Kier alpha value is -6.67. The first-order valence-electron chi connectivity index (χ1n) is 23.6. The summed E-state index contributed by atoms with van der Waals surface area (Å²) < 4.78 is 16.2. The van der Waals surface area contributed by atoms with Crippen LogP contribution in [0, 0.1) is 18.8 Å². The van der Waals surface area contributed by atoms with Crippen LogP contribution in [0.4, 0.5) is 4.79 Å². The molecule has 70 heavy (non-hydrogen) atoms. The van der Waals surface area contributed by atoms with Crippen LogP contribution in [0.25, 0.3) is 22.3 Å². The van der Waals surface area contributed by atoms with E-state index in [9.17, 15) is 38.4 Å². The number of ether oxygens (including phenoxy) is 3. The van der Waals surface area contributed by atoms with Crippen molar-refractivity contribution in [3.8, 4) is 28.0 Å². The van der Waals surface area contributed by atoms with Gasteiger partial charge in [0.15, 0.2) is 24.0 Å². The predicted molar refractivity (Wildman–Crippen MR) is 266 cm³/mol. The Balaban J connectivity index is 1.57. The van der Waals surface area contributed by atoms with Crippen LogP contribution < -0.4 is 15.4 Å². The summed E-state index contributed by atoms with van der Waals surface area (Å²) in [5.74, 6) is -5.49. The van der Waals surface area contributed by atoms with Gasteiger partial charge >= 0.3 is 12.1 Å². The molecule has 0 radical (unpaired) electrons. The lowest BCUT2D eigenvalue weighted by atomic mass is 9.87. The minimum atomic E-state index is -1.28. The number of rotatable bonds is 16. The second-order valence-electron chi connectivity index (χ2n) is 19.0. The molecule has 372 valence electrons. The number of likely N-dealkylation sites (N-methyl/N-ethyl adjacent to an activating group) is 1. The van der Waals surface area contributed by atoms with E-state index in [4.69, 9.17) is 25.8 Å². The molecule has 0 aliphatic carbocycles. The van der Waals surface area contributed by atoms with Gasteiger partial charge in [-0.1, -0.05) is 105 Å². The summed E-state index contributed by atoms with van der Waals surface area (Å²) in [5, 5.41) is 6.01. The average molecular weight is 979 g/mol. The number of hydrogen-bond donors (Lipinski definition) is 2. The molecule has 1 heterocycles. The molecule has 2 N–H and O–H groups in total. The number of Topliss-reactive ketones (excluding diaryl/α,β-unsaturated/α-hetero) is 3. The SMILES string of the molecule is CCCCC[C@H](CC(=O)c1ccc(-c2ccc(Cl)cc2)cc1)C(=O)N(C)[C@@H]1C(=O)C[C@@H](C)C(=O)N[C@H](C(=O)N[C@@H](C)C(=O)COC(C)=O)Cc2ccc(C)c(c2)-c2cc1ccc2OC(=O)OC(C)(C)C. The molecule has 5 atom stereocenters. The maximum absolute atomic E-state index is 15.0. The van der Waals surface area contributed by atoms with Crippen LogP contribution >= 0.6 is 11.6 Å². The van der Waals surface area contributed by atoms with E-state index in [2.05, 4.69) is 10.6 Å². The van der Waals surface area contributed by atoms with Crippen molar-refractivity contribution >= 4 is 58.8 Å². The highest BCUT2D eigenvalue weighted by Gasteiger charge is 2.37. The Bertz CT molecular complexity index is 2590. The topological polar surface area (TPSA) is 192 Å². The molecule has 0 unspecified atom stereocenters. The van der Waals surface area contributed by atoms with Gasteiger partial charge in [0.25, 0.3) is 0 Å². The van der Waals surface area contributed by atoms with Crippen molar-refractivity contribution in [3.63, 3.8) is 0 Å². The number of hydrogen-bond acceptors (Lipinski definition) is 11. The minimum Gasteiger partial charge on any atom is -0.458 e. The highest BCUT2D eigenvalue weighted by atomic mass is 35.5. The quantitative estimate of drug-likeness (QED) is 0.0470. The zero-order valence-corrected chi connectivity index (χ0v) is 42.2. The van der Waals surface area contributed by atoms with Gasteiger partial charge in [-0.05, 0) is 98.7 Å². The van der Waals surface area contributed by atoms with Gasteiger partial charge in [0, 0.05) is 61.2 Å². The smallest absolute Gasteiger partial charge is 0.458 e. The van der Waals surface area contributed by atoms with E-state index in [1.165, 1.54) is 31.9 Å². The summed E-state index contributed by atoms with van der Waals surface area (Å²) in [6.07, 6.45) is 1.20. The molecule has 4 aromatic rings. The van der Waals surface area contributed by atoms with Crippen molar-refractivity contribution < 1.29 is 52.6 Å². The molecule has 0 saturated carbocycles. The molecule has 0 fully saturated rings. The van der Waals surface area contributed by atoms with Crippen molar-refractivity contribution in [2.75, 3.05) is 13.7 Å². The zero-order chi connectivity index (χ0) is 51.4. The second kappa shape index (κ2) is 24.2. The molecule has 3 amide bonds. The molecule has 0 saturated heterocycles. The zero-order valence-electron chi connectivity index (χ0n) is 41.4. The first-order valence-corrected chi connectivity index (χ1v) is 24.0. The number of carbonyl (C=O) groups excluding carboxylic acids is 8. The number of unbranched alkanes of at least 4 members (excludes halogenated alkanes) is 2. The summed E-state index contributed by atoms with van der Waals surface area (Å²) in [6, 6.07) is 21.0. The van der Waals surface area contributed by atoms with E-state index in [0.717, 1.165) is 30.9 Å². The number of ketones is 3. The van der Waals surface area contributed by atoms with Crippen LogP contribution in [0.2, 0.25) is 5.02 Å². The molecule has 4 aromatic carbocycles. The van der Waals surface area contributed by atoms with Gasteiger partial charge < -0.3 is 29.7 Å². The van der Waals surface area contributed by atoms with Crippen LogP contribution in [0.15, 0.2) is 84.9 Å². The number of fused-ring (bicyclic) bond motifs is 5. The molecular formula is C55H64ClN3O11. The van der Waals surface area contributed by atoms with Crippen LogP contribution in [-0.4, -0.2) is 83.4 Å². The van der Waals surface area contributed by atoms with E-state index in [-0.39, 0.29) is 30.8 Å². The lowest BCUT2D eigenvalue weighted by Gasteiger charge is -2.32. The molecule has 4 bridgehead atoms. The number of amides is 3. The van der Waals surface area contributed by atoms with Gasteiger partial charge in [0.2, 0.25) is 17.7 Å². The van der Waals surface area contributed by atoms with Gasteiger partial charge in [-0.3, -0.25) is 33.6 Å². The molecule has 1 aliphatic rings. The Morgan fingerprint density at radius 1 is 0.871 bits per heavy atom. The Labute approximate surface area is 415 Å². The first kappa shape index (κ1) is 54.3. The average Bonchev–Trinajstić information content (AvgIpc) is 3.30. The van der Waals surface area contributed by atoms with Crippen molar-refractivity contribution in [3.05, 3.63) is 112 Å². The maximum Gasteiger partial charge on any atom is 0.514 e. The summed E-state index contributed by atoms with van der Waals surface area (Å²) in [5.41, 5.74) is 3.93. The van der Waals surface area contributed by atoms with Crippen molar-refractivity contribution in [2.24, 2.45) is 11.8 Å². The highest BCUT2D eigenvalue weighted by molar-refractivity contribution is 6.30. The Kier molecular flexibility index (Phi) is 18.8. The fourth-order valence-corrected chi connectivity index (χ4v) is 8.37. The predicted octanol–water partition coefficient (Wildman–Crippen LogP) is 9.54. The monoisotopic (exact) mass is 977 g/mol. The molecule has 14 nitrogen and oxygen atoms in total. The number of halogens is 1. The normalized spacial score (nSPS) is 16.9. The van der Waals surface area contributed by atoms with Crippen LogP contribution in [0.3, 0.4) is 0 Å². The third-order valence-electron chi connectivity index (χ3n) is 12.1. The number of benzene rings is 4. The van der Waals surface area contributed by atoms with E-state index in [1.54, 1.807) is 75.4 Å². The van der Waals surface area contributed by atoms with E-state index in [0.29, 0.717) is 51.2 Å². The highest BCUT2D eigenvalue weighted by Crippen LogP contribution is 2.39. The van der Waals surface area contributed by atoms with Gasteiger partial charge in [-0.15, -0.1) is 0 Å². The van der Waals surface area contributed by atoms with E-state index >= 15 is 0 Å². The molecule has 5 rings (SSSR count). The maximum atomic E-state index is 15.0. The lowest BCUT2D eigenvalue weighted by Crippen LogP contribution is -2.53. The first-order chi connectivity index (χ1) is 33.0. The Morgan fingerprint density at radius 2 is 1.53 bits per heavy atom. The van der Waals surface area contributed by atoms with Crippen molar-refractivity contribution in [2.45, 2.75) is 124 Å². The van der Waals surface area contributed by atoms with Gasteiger partial charge in [-0.25, -0.2) is 4.79 Å². The van der Waals surface area contributed by atoms with Crippen LogP contribution in [0.5, 0.6) is 5.75 Å². The Morgan fingerprint density at radius 3 is 2.16 bits per heavy atom. The largest absolute Gasteiger partial charge is 0.514 e. The summed E-state index contributed by atoms with van der Waals surface area (Å²) in [4.78, 5) is 111. The van der Waals surface area contributed by atoms with Gasteiger partial charge in [0.05, 0.1) is 6.04 Å². The summed E-state index contributed by atoms with van der Waals surface area (Å²) in [6.45, 7) is 12.5. The standard InChI is InChI=1S/C55H64ClN3O11/c1-10-11-12-13-41(30-46(61)39-18-16-37(17-19-39)38-20-23-42(56)24-21-38)53(66)59(9)50-40-22-25-49(69-54(67)70-55(6,7)8)44(29-40)43-27-36(15-14-32(43)2)28-45(58-51(64)33(3)26-47(50)62)52(65)57-34(4)48(63)31-68-35(5)60/h14-25,27,29,33-34,41,45,50H,10-13,26,28,30-31H2,1-9H3,(H,57,65)(H,58,64)/t33-,34+,41-,45+,50+/m1/s1. The van der Waals surface area contributed by atoms with Crippen LogP contribution in [0.1, 0.15) is 120 Å². The molecular weight excluding hydrogens is 914 g/mol. The lowest BCUT2D eigenvalue weighted by molar-refractivity contribution is -0.146. The number of nitrogens with zero attached hydrogens (tertiary/aromatic N) is 1. The van der Waals surface area contributed by atoms with Crippen molar-refractivity contribution in [1.82, 2.24) is 15.5 Å². The van der Waals surface area contributed by atoms with Gasteiger partial charge in [-0.2, -0.15) is 0 Å². The fraction of sp³-hybridized carbons (Fsp3) is 0.418. The van der Waals surface area contributed by atoms with E-state index in [1.807, 2.05) is 38.1 Å². The van der Waals surface area contributed by atoms with Crippen LogP contribution in [-0.2, 0) is 44.7 Å². The number of carbonyl (C=O) groups is 8. The molecule has 0 spiro atoms. The van der Waals surface area contributed by atoms with Crippen molar-refractivity contribution in [1.29, 1.82) is 0 Å². The summed E-state index contributed by atoms with van der Waals surface area (Å²) in [7, 11) is 1.51. The second-order valence-corrected chi connectivity index (χ2v) is 19.5. The summed E-state index contributed by atoms with van der Waals surface area (Å²) >= 11 is 6.09. The number of aryl methyl sites for hydroxylation is 1. The third-order valence-corrected chi connectivity index (χ3v) is 12.4. The fourth-order valence-electron chi connectivity index (χ4n) is 8.25.